The maximum atomic E-state index is 15.6. The molecular formula is C21H22FN3O5S. The Hall–Kier alpha value is -2.82. The molecule has 1 amide bonds. The summed E-state index contributed by atoms with van der Waals surface area (Å²) in [6, 6.07) is 10.5. The molecule has 4 rings (SSSR count). The van der Waals surface area contributed by atoms with Crippen molar-refractivity contribution in [2.24, 2.45) is 0 Å². The lowest BCUT2D eigenvalue weighted by atomic mass is 9.94. The van der Waals surface area contributed by atoms with Crippen molar-refractivity contribution < 1.29 is 27.4 Å². The standard InChI is InChI=1S/C21H22FN3O5S/c1-30-18-7-5-17(6-8-18)21(22,14-26)20(27)24-10-15-12-25(13-16(15)11-24)31(28,29)19-4-2-3-9-23-19/h2-9,26H,10-14H2,1H3. The Bertz CT molecular complexity index is 1100. The predicted molar refractivity (Wildman–Crippen MR) is 109 cm³/mol. The van der Waals surface area contributed by atoms with Gasteiger partial charge >= 0.3 is 0 Å². The van der Waals surface area contributed by atoms with E-state index in [0.717, 1.165) is 11.1 Å². The normalized spacial score (nSPS) is 18.7. The van der Waals surface area contributed by atoms with E-state index in [1.807, 2.05) is 0 Å². The summed E-state index contributed by atoms with van der Waals surface area (Å²) >= 11 is 0. The smallest absolute Gasteiger partial charge is 0.267 e. The lowest BCUT2D eigenvalue weighted by Crippen LogP contribution is -2.47. The van der Waals surface area contributed by atoms with Crippen molar-refractivity contribution >= 4 is 15.9 Å². The zero-order valence-electron chi connectivity index (χ0n) is 16.9. The fourth-order valence-corrected chi connectivity index (χ4v) is 5.24. The van der Waals surface area contributed by atoms with Crippen LogP contribution >= 0.6 is 0 Å². The maximum Gasteiger partial charge on any atom is 0.267 e. The van der Waals surface area contributed by atoms with Gasteiger partial charge in [-0.2, -0.15) is 4.31 Å². The second-order valence-corrected chi connectivity index (χ2v) is 9.38. The molecule has 0 spiro atoms. The Labute approximate surface area is 179 Å². The van der Waals surface area contributed by atoms with Gasteiger partial charge in [-0.15, -0.1) is 0 Å². The lowest BCUT2D eigenvalue weighted by molar-refractivity contribution is -0.146. The number of hydrogen-bond donors (Lipinski definition) is 1. The molecule has 0 fully saturated rings. The Balaban J connectivity index is 1.47. The Morgan fingerprint density at radius 1 is 1.13 bits per heavy atom. The van der Waals surface area contributed by atoms with Gasteiger partial charge in [0.15, 0.2) is 5.03 Å². The number of carbonyl (C=O) groups is 1. The first-order valence-corrected chi connectivity index (χ1v) is 11.1. The average molecular weight is 447 g/mol. The second kappa shape index (κ2) is 8.03. The summed E-state index contributed by atoms with van der Waals surface area (Å²) in [4.78, 5) is 18.2. The third-order valence-electron chi connectivity index (χ3n) is 5.63. The van der Waals surface area contributed by atoms with Crippen LogP contribution in [0.4, 0.5) is 4.39 Å². The zero-order chi connectivity index (χ0) is 22.2. The molecule has 164 valence electrons. The molecule has 1 aromatic carbocycles. The quantitative estimate of drug-likeness (QED) is 0.666. The van der Waals surface area contributed by atoms with E-state index in [-0.39, 0.29) is 36.8 Å². The van der Waals surface area contributed by atoms with Crippen molar-refractivity contribution in [1.29, 1.82) is 0 Å². The molecule has 2 aromatic rings. The monoisotopic (exact) mass is 447 g/mol. The van der Waals surface area contributed by atoms with Crippen LogP contribution in [0.15, 0.2) is 64.8 Å². The summed E-state index contributed by atoms with van der Waals surface area (Å²) in [5, 5.41) is 9.68. The number of carbonyl (C=O) groups excluding carboxylic acids is 1. The number of methoxy groups -OCH3 is 1. The van der Waals surface area contributed by atoms with Crippen LogP contribution in [-0.4, -0.2) is 73.5 Å². The van der Waals surface area contributed by atoms with Crippen molar-refractivity contribution in [2.75, 3.05) is 39.9 Å². The van der Waals surface area contributed by atoms with E-state index in [4.69, 9.17) is 4.74 Å². The number of aromatic nitrogens is 1. The first kappa shape index (κ1) is 21.4. The number of pyridine rings is 1. The number of aliphatic hydroxyl groups excluding tert-OH is 1. The topological polar surface area (TPSA) is 100 Å². The lowest BCUT2D eigenvalue weighted by Gasteiger charge is -2.29. The fourth-order valence-electron chi connectivity index (χ4n) is 3.88. The predicted octanol–water partition coefficient (Wildman–Crippen LogP) is 1.09. The Kier molecular flexibility index (Phi) is 5.54. The summed E-state index contributed by atoms with van der Waals surface area (Å²) in [5.74, 6) is -0.346. The minimum atomic E-state index is -3.75. The maximum absolute atomic E-state index is 15.6. The van der Waals surface area contributed by atoms with E-state index in [9.17, 15) is 18.3 Å². The Morgan fingerprint density at radius 2 is 1.77 bits per heavy atom. The number of aliphatic hydroxyl groups is 1. The molecule has 1 unspecified atom stereocenters. The van der Waals surface area contributed by atoms with Crippen LogP contribution in [0.25, 0.3) is 0 Å². The van der Waals surface area contributed by atoms with Crippen LogP contribution in [0.2, 0.25) is 0 Å². The molecule has 2 aliphatic heterocycles. The number of ether oxygens (including phenoxy) is 1. The van der Waals surface area contributed by atoms with E-state index >= 15 is 4.39 Å². The number of nitrogens with zero attached hydrogens (tertiary/aromatic N) is 3. The molecular weight excluding hydrogens is 425 g/mol. The third kappa shape index (κ3) is 3.71. The highest BCUT2D eigenvalue weighted by Gasteiger charge is 2.46. The van der Waals surface area contributed by atoms with Crippen LogP contribution in [0.5, 0.6) is 5.75 Å². The number of benzene rings is 1. The van der Waals surface area contributed by atoms with Crippen LogP contribution in [0, 0.1) is 0 Å². The van der Waals surface area contributed by atoms with E-state index in [1.165, 1.54) is 52.8 Å². The summed E-state index contributed by atoms with van der Waals surface area (Å²) in [6.45, 7) is -0.522. The first-order chi connectivity index (χ1) is 14.8. The van der Waals surface area contributed by atoms with Crippen LogP contribution in [0.1, 0.15) is 5.56 Å². The SMILES string of the molecule is COc1ccc(C(F)(CO)C(=O)N2CC3=C(C2)CN(S(=O)(=O)c2ccccn2)C3)cc1. The van der Waals surface area contributed by atoms with Gasteiger partial charge in [0.1, 0.15) is 5.75 Å². The number of amides is 1. The molecule has 0 saturated carbocycles. The largest absolute Gasteiger partial charge is 0.497 e. The minimum absolute atomic E-state index is 0.0345. The summed E-state index contributed by atoms with van der Waals surface area (Å²) in [7, 11) is -2.27. The number of sulfonamides is 1. The number of rotatable bonds is 6. The van der Waals surface area contributed by atoms with E-state index < -0.39 is 28.2 Å². The highest BCUT2D eigenvalue weighted by molar-refractivity contribution is 7.89. The molecule has 0 bridgehead atoms. The average Bonchev–Trinajstić information content (AvgIpc) is 3.39. The molecule has 1 aromatic heterocycles. The second-order valence-electron chi connectivity index (χ2n) is 7.50. The van der Waals surface area contributed by atoms with Gasteiger partial charge in [0.2, 0.25) is 5.67 Å². The molecule has 0 saturated heterocycles. The molecule has 2 aliphatic rings. The molecule has 10 heteroatoms. The zero-order valence-corrected chi connectivity index (χ0v) is 17.7. The third-order valence-corrected chi connectivity index (χ3v) is 7.34. The minimum Gasteiger partial charge on any atom is -0.497 e. The van der Waals surface area contributed by atoms with Gasteiger partial charge in [-0.1, -0.05) is 18.2 Å². The van der Waals surface area contributed by atoms with Gasteiger partial charge in [-0.05, 0) is 35.4 Å². The highest BCUT2D eigenvalue weighted by Crippen LogP contribution is 2.34. The van der Waals surface area contributed by atoms with Gasteiger partial charge in [0, 0.05) is 37.9 Å². The van der Waals surface area contributed by atoms with Gasteiger partial charge in [0.25, 0.3) is 15.9 Å². The molecule has 1 atom stereocenters. The van der Waals surface area contributed by atoms with Gasteiger partial charge in [-0.3, -0.25) is 4.79 Å². The van der Waals surface area contributed by atoms with E-state index in [0.29, 0.717) is 5.75 Å². The molecule has 3 heterocycles. The van der Waals surface area contributed by atoms with Crippen LogP contribution in [-0.2, 0) is 20.5 Å². The summed E-state index contributed by atoms with van der Waals surface area (Å²) in [6.07, 6.45) is 1.42. The van der Waals surface area contributed by atoms with Crippen LogP contribution < -0.4 is 4.74 Å². The van der Waals surface area contributed by atoms with Crippen molar-refractivity contribution in [3.63, 3.8) is 0 Å². The van der Waals surface area contributed by atoms with Gasteiger partial charge in [0.05, 0.1) is 13.7 Å². The van der Waals surface area contributed by atoms with Crippen molar-refractivity contribution in [1.82, 2.24) is 14.2 Å². The number of alkyl halides is 1. The first-order valence-electron chi connectivity index (χ1n) is 9.64. The molecule has 0 radical (unpaired) electrons. The van der Waals surface area contributed by atoms with Gasteiger partial charge in [-0.25, -0.2) is 17.8 Å². The Morgan fingerprint density at radius 3 is 2.29 bits per heavy atom. The highest BCUT2D eigenvalue weighted by atomic mass is 32.2. The van der Waals surface area contributed by atoms with Crippen molar-refractivity contribution in [2.45, 2.75) is 10.7 Å². The van der Waals surface area contributed by atoms with E-state index in [1.54, 1.807) is 12.1 Å². The van der Waals surface area contributed by atoms with Crippen LogP contribution in [0.3, 0.4) is 0 Å². The van der Waals surface area contributed by atoms with Crippen molar-refractivity contribution in [3.05, 3.63) is 65.4 Å². The number of hydrogen-bond acceptors (Lipinski definition) is 6. The van der Waals surface area contributed by atoms with Crippen molar-refractivity contribution in [3.8, 4) is 5.75 Å². The molecule has 1 N–H and O–H groups in total. The van der Waals surface area contributed by atoms with Gasteiger partial charge < -0.3 is 14.7 Å². The fraction of sp³-hybridized carbons (Fsp3) is 0.333. The molecule has 31 heavy (non-hydrogen) atoms. The molecule has 0 aliphatic carbocycles. The summed E-state index contributed by atoms with van der Waals surface area (Å²) < 4.78 is 47.5. The van der Waals surface area contributed by atoms with E-state index in [2.05, 4.69) is 4.98 Å². The summed E-state index contributed by atoms with van der Waals surface area (Å²) in [5.41, 5.74) is -1.02. The molecule has 8 nitrogen and oxygen atoms in total. The number of halogens is 1.